The van der Waals surface area contributed by atoms with E-state index in [1.165, 1.54) is 36.9 Å². The third-order valence-corrected chi connectivity index (χ3v) is 2.87. The van der Waals surface area contributed by atoms with E-state index in [4.69, 9.17) is 5.26 Å². The summed E-state index contributed by atoms with van der Waals surface area (Å²) in [4.78, 5) is 0. The molecule has 0 aliphatic carbocycles. The van der Waals surface area contributed by atoms with Gasteiger partial charge in [-0.1, -0.05) is 44.4 Å². The smallest absolute Gasteiger partial charge is 0.0625 e. The van der Waals surface area contributed by atoms with Gasteiger partial charge in [0.2, 0.25) is 0 Å². The SMILES string of the molecule is CCCCCCNc1ccccc1CCC#N. The molecule has 1 rings (SSSR count). The van der Waals surface area contributed by atoms with Gasteiger partial charge in [0, 0.05) is 18.7 Å². The summed E-state index contributed by atoms with van der Waals surface area (Å²) in [5.41, 5.74) is 2.45. The second-order valence-electron chi connectivity index (χ2n) is 4.30. The molecule has 0 heterocycles. The largest absolute Gasteiger partial charge is 0.385 e. The molecule has 0 aliphatic heterocycles. The summed E-state index contributed by atoms with van der Waals surface area (Å²) in [6, 6.07) is 10.5. The minimum Gasteiger partial charge on any atom is -0.385 e. The molecule has 0 atom stereocenters. The van der Waals surface area contributed by atoms with Crippen molar-refractivity contribution in [2.75, 3.05) is 11.9 Å². The molecule has 0 saturated heterocycles. The summed E-state index contributed by atoms with van der Waals surface area (Å²) in [7, 11) is 0. The van der Waals surface area contributed by atoms with Crippen molar-refractivity contribution < 1.29 is 0 Å². The Morgan fingerprint density at radius 1 is 1.18 bits per heavy atom. The summed E-state index contributed by atoms with van der Waals surface area (Å²) in [5.74, 6) is 0. The highest BCUT2D eigenvalue weighted by molar-refractivity contribution is 5.51. The molecule has 2 nitrogen and oxygen atoms in total. The Bertz CT molecular complexity index is 352. The quantitative estimate of drug-likeness (QED) is 0.681. The normalized spacial score (nSPS) is 9.88. The number of rotatable bonds is 8. The zero-order chi connectivity index (χ0) is 12.3. The minimum atomic E-state index is 0.592. The standard InChI is InChI=1S/C15H22N2/c1-2-3-4-7-13-17-15-11-6-5-9-14(15)10-8-12-16/h5-6,9,11,17H,2-4,7-8,10,13H2,1H3. The van der Waals surface area contributed by atoms with Gasteiger partial charge in [-0.2, -0.15) is 5.26 Å². The number of anilines is 1. The van der Waals surface area contributed by atoms with E-state index < -0.39 is 0 Å². The molecular formula is C15H22N2. The molecule has 0 saturated carbocycles. The summed E-state index contributed by atoms with van der Waals surface area (Å²) in [5, 5.41) is 12.1. The maximum Gasteiger partial charge on any atom is 0.0625 e. The van der Waals surface area contributed by atoms with Crippen LogP contribution >= 0.6 is 0 Å². The Hall–Kier alpha value is -1.49. The van der Waals surface area contributed by atoms with Crippen LogP contribution in [0.3, 0.4) is 0 Å². The van der Waals surface area contributed by atoms with Gasteiger partial charge in [-0.15, -0.1) is 0 Å². The third kappa shape index (κ3) is 5.40. The van der Waals surface area contributed by atoms with Crippen LogP contribution in [0.25, 0.3) is 0 Å². The van der Waals surface area contributed by atoms with E-state index >= 15 is 0 Å². The second-order valence-corrected chi connectivity index (χ2v) is 4.30. The van der Waals surface area contributed by atoms with E-state index in [0.717, 1.165) is 13.0 Å². The molecule has 1 aromatic carbocycles. The second kappa shape index (κ2) is 8.64. The van der Waals surface area contributed by atoms with Crippen LogP contribution in [0.1, 0.15) is 44.6 Å². The van der Waals surface area contributed by atoms with Crippen molar-refractivity contribution in [3.63, 3.8) is 0 Å². The van der Waals surface area contributed by atoms with Gasteiger partial charge in [-0.3, -0.25) is 0 Å². The Morgan fingerprint density at radius 3 is 2.76 bits per heavy atom. The summed E-state index contributed by atoms with van der Waals surface area (Å²) in [6.45, 7) is 3.26. The molecule has 2 heteroatoms. The van der Waals surface area contributed by atoms with Crippen molar-refractivity contribution in [2.24, 2.45) is 0 Å². The highest BCUT2D eigenvalue weighted by atomic mass is 14.9. The molecule has 0 amide bonds. The number of para-hydroxylation sites is 1. The molecule has 0 aliphatic rings. The number of hydrogen-bond donors (Lipinski definition) is 1. The highest BCUT2D eigenvalue weighted by Crippen LogP contribution is 2.16. The summed E-state index contributed by atoms with van der Waals surface area (Å²) >= 11 is 0. The molecule has 17 heavy (non-hydrogen) atoms. The lowest BCUT2D eigenvalue weighted by Crippen LogP contribution is -2.04. The fourth-order valence-electron chi connectivity index (χ4n) is 1.88. The van der Waals surface area contributed by atoms with E-state index in [-0.39, 0.29) is 0 Å². The van der Waals surface area contributed by atoms with Crippen LogP contribution in [0.2, 0.25) is 0 Å². The molecule has 0 unspecified atom stereocenters. The average molecular weight is 230 g/mol. The van der Waals surface area contributed by atoms with Crippen molar-refractivity contribution in [1.82, 2.24) is 0 Å². The van der Waals surface area contributed by atoms with Crippen LogP contribution in [0.15, 0.2) is 24.3 Å². The molecule has 0 spiro atoms. The number of hydrogen-bond acceptors (Lipinski definition) is 2. The van der Waals surface area contributed by atoms with Crippen molar-refractivity contribution in [2.45, 2.75) is 45.4 Å². The lowest BCUT2D eigenvalue weighted by atomic mass is 10.1. The summed E-state index contributed by atoms with van der Waals surface area (Å²) in [6.07, 6.45) is 6.55. The van der Waals surface area contributed by atoms with E-state index in [2.05, 4.69) is 30.4 Å². The average Bonchev–Trinajstić information content (AvgIpc) is 2.37. The molecule has 0 fully saturated rings. The van der Waals surface area contributed by atoms with E-state index in [9.17, 15) is 0 Å². The lowest BCUT2D eigenvalue weighted by Gasteiger charge is -2.10. The monoisotopic (exact) mass is 230 g/mol. The first-order valence-electron chi connectivity index (χ1n) is 6.57. The predicted molar refractivity (Wildman–Crippen MR) is 73.0 cm³/mol. The van der Waals surface area contributed by atoms with Gasteiger partial charge in [0.1, 0.15) is 0 Å². The van der Waals surface area contributed by atoms with Gasteiger partial charge in [-0.25, -0.2) is 0 Å². The first-order chi connectivity index (χ1) is 8.38. The third-order valence-electron chi connectivity index (χ3n) is 2.87. The molecule has 0 bridgehead atoms. The molecule has 1 N–H and O–H groups in total. The molecule has 1 aromatic rings. The van der Waals surface area contributed by atoms with Gasteiger partial charge in [-0.05, 0) is 24.5 Å². The fourth-order valence-corrected chi connectivity index (χ4v) is 1.88. The summed E-state index contributed by atoms with van der Waals surface area (Å²) < 4.78 is 0. The molecule has 0 aromatic heterocycles. The Labute approximate surface area is 105 Å². The van der Waals surface area contributed by atoms with Crippen molar-refractivity contribution in [3.05, 3.63) is 29.8 Å². The minimum absolute atomic E-state index is 0.592. The van der Waals surface area contributed by atoms with Crippen LogP contribution < -0.4 is 5.32 Å². The van der Waals surface area contributed by atoms with E-state index in [1.807, 2.05) is 12.1 Å². The van der Waals surface area contributed by atoms with E-state index in [1.54, 1.807) is 0 Å². The zero-order valence-electron chi connectivity index (χ0n) is 10.7. The predicted octanol–water partition coefficient (Wildman–Crippen LogP) is 4.13. The van der Waals surface area contributed by atoms with Gasteiger partial charge < -0.3 is 5.32 Å². The lowest BCUT2D eigenvalue weighted by molar-refractivity contribution is 0.685. The van der Waals surface area contributed by atoms with Gasteiger partial charge >= 0.3 is 0 Å². The van der Waals surface area contributed by atoms with Crippen LogP contribution in [-0.2, 0) is 6.42 Å². The van der Waals surface area contributed by atoms with Crippen molar-refractivity contribution in [3.8, 4) is 6.07 Å². The number of aryl methyl sites for hydroxylation is 1. The molecule has 0 radical (unpaired) electrons. The fraction of sp³-hybridized carbons (Fsp3) is 0.533. The van der Waals surface area contributed by atoms with Crippen LogP contribution in [0.4, 0.5) is 5.69 Å². The Morgan fingerprint density at radius 2 is 2.00 bits per heavy atom. The van der Waals surface area contributed by atoms with Crippen LogP contribution in [0, 0.1) is 11.3 Å². The topological polar surface area (TPSA) is 35.8 Å². The number of nitrogens with one attached hydrogen (secondary N) is 1. The number of benzene rings is 1. The Kier molecular flexibility index (Phi) is 6.90. The first kappa shape index (κ1) is 13.6. The number of unbranched alkanes of at least 4 members (excludes halogenated alkanes) is 3. The maximum absolute atomic E-state index is 8.62. The zero-order valence-corrected chi connectivity index (χ0v) is 10.7. The van der Waals surface area contributed by atoms with Crippen LogP contribution in [-0.4, -0.2) is 6.54 Å². The molecule has 92 valence electrons. The maximum atomic E-state index is 8.62. The van der Waals surface area contributed by atoms with Gasteiger partial charge in [0.15, 0.2) is 0 Å². The molecular weight excluding hydrogens is 208 g/mol. The number of nitriles is 1. The van der Waals surface area contributed by atoms with Gasteiger partial charge in [0.25, 0.3) is 0 Å². The van der Waals surface area contributed by atoms with Crippen LogP contribution in [0.5, 0.6) is 0 Å². The number of nitrogens with zero attached hydrogens (tertiary/aromatic N) is 1. The van der Waals surface area contributed by atoms with Gasteiger partial charge in [0.05, 0.1) is 6.07 Å². The van der Waals surface area contributed by atoms with E-state index in [0.29, 0.717) is 6.42 Å². The van der Waals surface area contributed by atoms with Crippen molar-refractivity contribution in [1.29, 1.82) is 5.26 Å². The Balaban J connectivity index is 2.38. The first-order valence-corrected chi connectivity index (χ1v) is 6.57. The van der Waals surface area contributed by atoms with Crippen molar-refractivity contribution >= 4 is 5.69 Å². The highest BCUT2D eigenvalue weighted by Gasteiger charge is 2.00.